The highest BCUT2D eigenvalue weighted by molar-refractivity contribution is 5.65. The van der Waals surface area contributed by atoms with Crippen molar-refractivity contribution in [3.05, 3.63) is 46.5 Å². The Labute approximate surface area is 137 Å². The molecule has 1 aromatic rings. The Kier molecular flexibility index (Phi) is 5.72. The van der Waals surface area contributed by atoms with Crippen molar-refractivity contribution in [2.24, 2.45) is 0 Å². The van der Waals surface area contributed by atoms with Gasteiger partial charge in [-0.1, -0.05) is 6.08 Å². The zero-order valence-corrected chi connectivity index (χ0v) is 12.7. The molecular formula is C15H16N2O7. The molecular weight excluding hydrogens is 320 g/mol. The van der Waals surface area contributed by atoms with Gasteiger partial charge in [-0.05, 0) is 24.6 Å². The average molecular weight is 336 g/mol. The molecule has 9 heteroatoms. The minimum atomic E-state index is -1.02. The maximum absolute atomic E-state index is 11.8. The molecule has 128 valence electrons. The Morgan fingerprint density at radius 1 is 1.25 bits per heavy atom. The summed E-state index contributed by atoms with van der Waals surface area (Å²) in [6, 6.07) is 5.01. The first-order chi connectivity index (χ1) is 11.5. The van der Waals surface area contributed by atoms with E-state index in [2.05, 4.69) is 0 Å². The Morgan fingerprint density at radius 2 is 1.96 bits per heavy atom. The maximum atomic E-state index is 11.8. The number of amides is 1. The van der Waals surface area contributed by atoms with E-state index in [4.69, 9.17) is 14.6 Å². The molecule has 1 atom stereocenters. The van der Waals surface area contributed by atoms with Crippen molar-refractivity contribution < 1.29 is 29.1 Å². The highest BCUT2D eigenvalue weighted by Crippen LogP contribution is 2.18. The number of hydrogen-bond donors (Lipinski definition) is 1. The molecule has 1 N–H and O–H groups in total. The molecule has 0 radical (unpaired) electrons. The second-order valence-electron chi connectivity index (χ2n) is 5.03. The summed E-state index contributed by atoms with van der Waals surface area (Å²) in [5.41, 5.74) is -0.118. The van der Waals surface area contributed by atoms with E-state index >= 15 is 0 Å². The van der Waals surface area contributed by atoms with Crippen molar-refractivity contribution in [3.63, 3.8) is 0 Å². The average Bonchev–Trinajstić information content (AvgIpc) is 2.50. The van der Waals surface area contributed by atoms with Gasteiger partial charge >= 0.3 is 12.2 Å². The van der Waals surface area contributed by atoms with Crippen LogP contribution in [0.4, 0.5) is 15.3 Å². The van der Waals surface area contributed by atoms with Gasteiger partial charge in [-0.3, -0.25) is 10.1 Å². The van der Waals surface area contributed by atoms with Crippen molar-refractivity contribution in [2.45, 2.75) is 18.9 Å². The first-order valence-corrected chi connectivity index (χ1v) is 7.23. The summed E-state index contributed by atoms with van der Waals surface area (Å²) >= 11 is 0. The normalized spacial score (nSPS) is 18.8. The summed E-state index contributed by atoms with van der Waals surface area (Å²) in [6.07, 6.45) is 1.72. The van der Waals surface area contributed by atoms with Crippen molar-refractivity contribution in [1.29, 1.82) is 0 Å². The van der Waals surface area contributed by atoms with Crippen LogP contribution in [-0.4, -0.2) is 46.4 Å². The summed E-state index contributed by atoms with van der Waals surface area (Å²) in [5, 5.41) is 19.6. The molecule has 2 rings (SSSR count). The number of nitro groups is 1. The number of nitro benzene ring substituents is 1. The largest absolute Gasteiger partial charge is 0.514 e. The third-order valence-corrected chi connectivity index (χ3v) is 3.37. The van der Waals surface area contributed by atoms with Gasteiger partial charge in [0.1, 0.15) is 11.9 Å². The fourth-order valence-electron chi connectivity index (χ4n) is 2.14. The van der Waals surface area contributed by atoms with Gasteiger partial charge in [-0.15, -0.1) is 0 Å². The SMILES string of the molecule is O=C(Oc1ccc([N+](=O)[O-])cc1)O[C@@H]1/C=C/CCN(C(=O)O)CC1. The molecule has 1 amide bonds. The molecule has 1 aliphatic rings. The molecule has 0 aromatic heterocycles. The molecule has 0 unspecified atom stereocenters. The lowest BCUT2D eigenvalue weighted by atomic mass is 10.1. The predicted octanol–water partition coefficient (Wildman–Crippen LogP) is 2.81. The van der Waals surface area contributed by atoms with Crippen LogP contribution in [0.1, 0.15) is 12.8 Å². The number of benzene rings is 1. The third-order valence-electron chi connectivity index (χ3n) is 3.37. The molecule has 0 saturated heterocycles. The third kappa shape index (κ3) is 4.97. The Bertz CT molecular complexity index is 642. The molecule has 0 aliphatic carbocycles. The molecule has 1 aliphatic heterocycles. The van der Waals surface area contributed by atoms with E-state index in [-0.39, 0.29) is 18.0 Å². The first kappa shape index (κ1) is 17.3. The summed E-state index contributed by atoms with van der Waals surface area (Å²) in [7, 11) is 0. The van der Waals surface area contributed by atoms with Gasteiger partial charge in [-0.2, -0.15) is 0 Å². The van der Waals surface area contributed by atoms with Gasteiger partial charge in [-0.25, -0.2) is 9.59 Å². The topological polar surface area (TPSA) is 119 Å². The van der Waals surface area contributed by atoms with E-state index < -0.39 is 23.3 Å². The Balaban J connectivity index is 1.90. The number of ether oxygens (including phenoxy) is 2. The number of carbonyl (C=O) groups excluding carboxylic acids is 1. The smallest absolute Gasteiger partial charge is 0.465 e. The Morgan fingerprint density at radius 3 is 2.58 bits per heavy atom. The summed E-state index contributed by atoms with van der Waals surface area (Å²) in [6.45, 7) is 0.640. The van der Waals surface area contributed by atoms with E-state index in [0.717, 1.165) is 0 Å². The van der Waals surface area contributed by atoms with E-state index in [1.54, 1.807) is 12.2 Å². The van der Waals surface area contributed by atoms with Gasteiger partial charge in [0, 0.05) is 31.6 Å². The molecule has 0 spiro atoms. The van der Waals surface area contributed by atoms with Crippen LogP contribution in [0, 0.1) is 10.1 Å². The van der Waals surface area contributed by atoms with Crippen LogP contribution in [-0.2, 0) is 4.74 Å². The van der Waals surface area contributed by atoms with Crippen LogP contribution in [0.25, 0.3) is 0 Å². The second-order valence-corrected chi connectivity index (χ2v) is 5.03. The Hall–Kier alpha value is -3.10. The number of carboxylic acid groups (broad SMARTS) is 1. The lowest BCUT2D eigenvalue weighted by molar-refractivity contribution is -0.384. The highest BCUT2D eigenvalue weighted by Gasteiger charge is 2.19. The number of nitrogens with zero attached hydrogens (tertiary/aromatic N) is 2. The maximum Gasteiger partial charge on any atom is 0.514 e. The molecule has 1 aromatic carbocycles. The predicted molar refractivity (Wildman–Crippen MR) is 82.0 cm³/mol. The standard InChI is InChI=1S/C15H16N2O7/c18-14(19)16-9-2-1-3-12(8-10-16)23-15(20)24-13-6-4-11(5-7-13)17(21)22/h1,3-7,12H,2,8-10H2,(H,18,19)/b3-1+/t12-/m1/s1. The zero-order valence-electron chi connectivity index (χ0n) is 12.7. The van der Waals surface area contributed by atoms with Gasteiger partial charge < -0.3 is 19.5 Å². The highest BCUT2D eigenvalue weighted by atomic mass is 16.7. The number of hydrogen-bond acceptors (Lipinski definition) is 6. The van der Waals surface area contributed by atoms with E-state index in [1.165, 1.54) is 29.2 Å². The molecule has 0 saturated carbocycles. The van der Waals surface area contributed by atoms with E-state index in [0.29, 0.717) is 19.4 Å². The number of non-ortho nitro benzene ring substituents is 1. The van der Waals surface area contributed by atoms with Gasteiger partial charge in [0.25, 0.3) is 5.69 Å². The van der Waals surface area contributed by atoms with Gasteiger partial charge in [0.15, 0.2) is 0 Å². The first-order valence-electron chi connectivity index (χ1n) is 7.23. The number of carbonyl (C=O) groups is 2. The zero-order chi connectivity index (χ0) is 17.5. The van der Waals surface area contributed by atoms with Gasteiger partial charge in [0.2, 0.25) is 0 Å². The lowest BCUT2D eigenvalue weighted by Gasteiger charge is -2.23. The van der Waals surface area contributed by atoms with Crippen LogP contribution in [0.3, 0.4) is 0 Å². The van der Waals surface area contributed by atoms with Crippen LogP contribution in [0.5, 0.6) is 5.75 Å². The van der Waals surface area contributed by atoms with Crippen molar-refractivity contribution in [1.82, 2.24) is 4.90 Å². The second kappa shape index (κ2) is 7.95. The van der Waals surface area contributed by atoms with Crippen LogP contribution in [0.2, 0.25) is 0 Å². The fourth-order valence-corrected chi connectivity index (χ4v) is 2.14. The quantitative estimate of drug-likeness (QED) is 0.296. The van der Waals surface area contributed by atoms with Crippen molar-refractivity contribution >= 4 is 17.9 Å². The molecule has 0 fully saturated rings. The molecule has 1 heterocycles. The minimum absolute atomic E-state index is 0.118. The fraction of sp³-hybridized carbons (Fsp3) is 0.333. The molecule has 9 nitrogen and oxygen atoms in total. The number of rotatable bonds is 3. The lowest BCUT2D eigenvalue weighted by Crippen LogP contribution is -2.35. The van der Waals surface area contributed by atoms with Crippen molar-refractivity contribution in [2.75, 3.05) is 13.1 Å². The molecule has 0 bridgehead atoms. The molecule has 24 heavy (non-hydrogen) atoms. The summed E-state index contributed by atoms with van der Waals surface area (Å²) in [5.74, 6) is 0.118. The van der Waals surface area contributed by atoms with Crippen LogP contribution >= 0.6 is 0 Å². The van der Waals surface area contributed by atoms with Gasteiger partial charge in [0.05, 0.1) is 4.92 Å². The monoisotopic (exact) mass is 336 g/mol. The minimum Gasteiger partial charge on any atom is -0.465 e. The van der Waals surface area contributed by atoms with E-state index in [1.807, 2.05) is 0 Å². The van der Waals surface area contributed by atoms with Crippen molar-refractivity contribution in [3.8, 4) is 5.75 Å². The van der Waals surface area contributed by atoms with Crippen LogP contribution < -0.4 is 4.74 Å². The summed E-state index contributed by atoms with van der Waals surface area (Å²) < 4.78 is 10.1. The van der Waals surface area contributed by atoms with E-state index in [9.17, 15) is 19.7 Å². The van der Waals surface area contributed by atoms with Crippen LogP contribution in [0.15, 0.2) is 36.4 Å². The summed E-state index contributed by atoms with van der Waals surface area (Å²) in [4.78, 5) is 34.0.